The molecule has 0 N–H and O–H groups in total. The van der Waals surface area contributed by atoms with Crippen molar-refractivity contribution in [3.05, 3.63) is 0 Å². The molecule has 0 unspecified atom stereocenters. The SMILES string of the molecule is CCCCI=C1C(=O)OC(C)(C)OC1=O. The smallest absolute Gasteiger partial charge is 0.354 e. The maximum absolute atomic E-state index is 11.5. The Labute approximate surface area is 99.1 Å². The van der Waals surface area contributed by atoms with E-state index in [1.54, 1.807) is 13.8 Å². The summed E-state index contributed by atoms with van der Waals surface area (Å²) in [5.74, 6) is -2.08. The first kappa shape index (κ1) is 12.6. The molecule has 0 spiro atoms. The second kappa shape index (κ2) is 5.05. The van der Waals surface area contributed by atoms with Crippen LogP contribution >= 0.6 is 20.7 Å². The van der Waals surface area contributed by atoms with E-state index in [-0.39, 0.29) is 3.51 Å². The molecule has 15 heavy (non-hydrogen) atoms. The van der Waals surface area contributed by atoms with Gasteiger partial charge in [0.15, 0.2) is 3.51 Å². The van der Waals surface area contributed by atoms with Gasteiger partial charge in [-0.25, -0.2) is 9.59 Å². The van der Waals surface area contributed by atoms with E-state index in [9.17, 15) is 9.59 Å². The Hall–Kier alpha value is -0.460. The van der Waals surface area contributed by atoms with E-state index < -0.39 is 38.5 Å². The largest absolute Gasteiger partial charge is 0.419 e. The lowest BCUT2D eigenvalue weighted by Crippen LogP contribution is -2.46. The van der Waals surface area contributed by atoms with Crippen LogP contribution < -0.4 is 0 Å². The van der Waals surface area contributed by atoms with Crippen LogP contribution in [-0.2, 0) is 19.1 Å². The Morgan fingerprint density at radius 1 is 1.20 bits per heavy atom. The third-order valence-electron chi connectivity index (χ3n) is 1.75. The van der Waals surface area contributed by atoms with Gasteiger partial charge in [0.1, 0.15) is 0 Å². The van der Waals surface area contributed by atoms with Crippen molar-refractivity contribution in [3.63, 3.8) is 0 Å². The minimum atomic E-state index is -1.10. The molecule has 1 aliphatic rings. The summed E-state index contributed by atoms with van der Waals surface area (Å²) >= 11 is -0.558. The molecule has 0 saturated carbocycles. The van der Waals surface area contributed by atoms with Crippen LogP contribution in [0, 0.1) is 0 Å². The van der Waals surface area contributed by atoms with E-state index in [0.717, 1.165) is 17.3 Å². The quantitative estimate of drug-likeness (QED) is 0.343. The Morgan fingerprint density at radius 3 is 2.20 bits per heavy atom. The molecule has 86 valence electrons. The van der Waals surface area contributed by atoms with Crippen LogP contribution in [0.25, 0.3) is 0 Å². The number of carbonyl (C=O) groups excluding carboxylic acids is 2. The molecule has 1 aliphatic heterocycles. The highest BCUT2D eigenvalue weighted by Crippen LogP contribution is 2.21. The predicted octanol–water partition coefficient (Wildman–Crippen LogP) is 1.77. The number of esters is 2. The molecule has 0 amide bonds. The molecule has 1 heterocycles. The molecule has 0 aromatic carbocycles. The zero-order valence-corrected chi connectivity index (χ0v) is 11.3. The lowest BCUT2D eigenvalue weighted by Gasteiger charge is -2.29. The predicted molar refractivity (Wildman–Crippen MR) is 65.1 cm³/mol. The Kier molecular flexibility index (Phi) is 4.24. The van der Waals surface area contributed by atoms with E-state index in [0.29, 0.717) is 0 Å². The van der Waals surface area contributed by atoms with Crippen molar-refractivity contribution in [1.82, 2.24) is 0 Å². The number of halogens is 1. The van der Waals surface area contributed by atoms with Gasteiger partial charge in [0.05, 0.1) is 0 Å². The van der Waals surface area contributed by atoms with E-state index in [1.807, 2.05) is 0 Å². The summed E-state index contributed by atoms with van der Waals surface area (Å²) < 4.78 is 11.2. The summed E-state index contributed by atoms with van der Waals surface area (Å²) in [5, 5.41) is 0. The molecule has 0 bridgehead atoms. The number of hydrogen-bond acceptors (Lipinski definition) is 4. The first-order chi connectivity index (χ1) is 6.96. The van der Waals surface area contributed by atoms with Gasteiger partial charge >= 0.3 is 11.9 Å². The number of alkyl halides is 1. The summed E-state index contributed by atoms with van der Waals surface area (Å²) in [6.45, 7) is 5.20. The van der Waals surface area contributed by atoms with Gasteiger partial charge in [-0.2, -0.15) is 0 Å². The van der Waals surface area contributed by atoms with Crippen LogP contribution in [0.3, 0.4) is 0 Å². The summed E-state index contributed by atoms with van der Waals surface area (Å²) in [6, 6.07) is 0. The summed E-state index contributed by atoms with van der Waals surface area (Å²) in [6.07, 6.45) is 2.11. The van der Waals surface area contributed by atoms with Gasteiger partial charge in [0, 0.05) is 13.8 Å². The van der Waals surface area contributed by atoms with Crippen molar-refractivity contribution in [1.29, 1.82) is 0 Å². The number of carbonyl (C=O) groups is 2. The van der Waals surface area contributed by atoms with Crippen molar-refractivity contribution in [2.75, 3.05) is 4.43 Å². The first-order valence-electron chi connectivity index (χ1n) is 4.89. The third-order valence-corrected chi connectivity index (χ3v) is 4.70. The van der Waals surface area contributed by atoms with Crippen LogP contribution in [0.2, 0.25) is 0 Å². The second-order valence-corrected chi connectivity index (χ2v) is 6.59. The van der Waals surface area contributed by atoms with Crippen LogP contribution in [0.4, 0.5) is 0 Å². The molecule has 0 atom stereocenters. The molecule has 1 saturated heterocycles. The Bertz CT molecular complexity index is 285. The van der Waals surface area contributed by atoms with E-state index in [2.05, 4.69) is 6.92 Å². The highest BCUT2D eigenvalue weighted by molar-refractivity contribution is 14.2. The van der Waals surface area contributed by atoms with Gasteiger partial charge in [-0.1, -0.05) is 34.1 Å². The van der Waals surface area contributed by atoms with Crippen molar-refractivity contribution < 1.29 is 19.1 Å². The van der Waals surface area contributed by atoms with Gasteiger partial charge in [-0.05, 0) is 10.8 Å². The average molecular weight is 326 g/mol. The zero-order valence-electron chi connectivity index (χ0n) is 9.13. The van der Waals surface area contributed by atoms with Gasteiger partial charge in [0.25, 0.3) is 5.79 Å². The molecule has 0 aromatic heterocycles. The van der Waals surface area contributed by atoms with Crippen LogP contribution in [-0.4, -0.2) is 25.7 Å². The molecule has 5 heteroatoms. The van der Waals surface area contributed by atoms with Gasteiger partial charge in [-0.15, -0.1) is 0 Å². The van der Waals surface area contributed by atoms with Crippen molar-refractivity contribution in [2.45, 2.75) is 39.4 Å². The van der Waals surface area contributed by atoms with Crippen molar-refractivity contribution in [2.24, 2.45) is 0 Å². The monoisotopic (exact) mass is 326 g/mol. The fourth-order valence-electron chi connectivity index (χ4n) is 1.04. The zero-order chi connectivity index (χ0) is 11.5. The molecule has 0 aromatic rings. The average Bonchev–Trinajstić information content (AvgIpc) is 2.08. The van der Waals surface area contributed by atoms with E-state index in [1.165, 1.54) is 0 Å². The molecular formula is C10H15IO4. The molecule has 1 rings (SSSR count). The second-order valence-electron chi connectivity index (χ2n) is 3.67. The lowest BCUT2D eigenvalue weighted by atomic mass is 10.3. The van der Waals surface area contributed by atoms with E-state index >= 15 is 0 Å². The fourth-order valence-corrected chi connectivity index (χ4v) is 3.57. The minimum absolute atomic E-state index is 0.251. The normalized spacial score (nSPS) is 19.8. The maximum Gasteiger partial charge on any atom is 0.354 e. The number of ether oxygens (including phenoxy) is 2. The van der Waals surface area contributed by atoms with E-state index in [4.69, 9.17) is 9.47 Å². The highest BCUT2D eigenvalue weighted by atomic mass is 127. The minimum Gasteiger partial charge on any atom is -0.419 e. The number of hydrogen-bond donors (Lipinski definition) is 0. The van der Waals surface area contributed by atoms with Crippen LogP contribution in [0.15, 0.2) is 0 Å². The molecular weight excluding hydrogens is 311 g/mol. The summed E-state index contributed by atoms with van der Waals surface area (Å²) in [5.41, 5.74) is 0. The highest BCUT2D eigenvalue weighted by Gasteiger charge is 2.39. The van der Waals surface area contributed by atoms with Crippen LogP contribution in [0.5, 0.6) is 0 Å². The molecule has 0 aliphatic carbocycles. The Balaban J connectivity index is 2.71. The van der Waals surface area contributed by atoms with Crippen molar-refractivity contribution >= 4 is 36.2 Å². The lowest BCUT2D eigenvalue weighted by molar-refractivity contribution is -0.214. The van der Waals surface area contributed by atoms with Gasteiger partial charge in [0.2, 0.25) is 0 Å². The summed E-state index contributed by atoms with van der Waals surface area (Å²) in [4.78, 5) is 23.0. The maximum atomic E-state index is 11.5. The first-order valence-corrected chi connectivity index (χ1v) is 7.49. The molecule has 0 radical (unpaired) electrons. The topological polar surface area (TPSA) is 52.6 Å². The molecule has 4 nitrogen and oxygen atoms in total. The molecule has 1 fully saturated rings. The van der Waals surface area contributed by atoms with Gasteiger partial charge < -0.3 is 9.47 Å². The van der Waals surface area contributed by atoms with Crippen molar-refractivity contribution in [3.8, 4) is 0 Å². The van der Waals surface area contributed by atoms with Crippen LogP contribution in [0.1, 0.15) is 33.6 Å². The van der Waals surface area contributed by atoms with Gasteiger partial charge in [-0.3, -0.25) is 0 Å². The Morgan fingerprint density at radius 2 is 1.73 bits per heavy atom. The number of cyclic esters (lactones) is 2. The summed E-state index contributed by atoms with van der Waals surface area (Å²) in [7, 11) is 0. The third kappa shape index (κ3) is 3.55. The fraction of sp³-hybridized carbons (Fsp3) is 0.700. The number of rotatable bonds is 3. The standard InChI is InChI=1S/C10H15IO4/c1-4-5-6-11-7-8(12)14-10(2,3)15-9(7)13/h4-6H2,1-3H3. The number of unbranched alkanes of at least 4 members (excludes halogenated alkanes) is 1.